The van der Waals surface area contributed by atoms with Gasteiger partial charge in [-0.25, -0.2) is 4.98 Å². The first kappa shape index (κ1) is 26.5. The van der Waals surface area contributed by atoms with Crippen LogP contribution in [0.3, 0.4) is 0 Å². The third-order valence-electron chi connectivity index (χ3n) is 9.35. The standard InChI is InChI=1S/C35H26N2O7/c1-17-14-26(39)30-24(32(17)40)15-23-21(31(30)28-13-10-20(16-38)43-28)11-12-22-29(23)35(42)37(34(22)41)19-8-6-18(7-9-19)33-36-25-4-2-3-5-27(25)44-33/h2-11,13-14,22-23,29,31,38H,12,15-16H2,1H3/t22-,23+,29-,31+/m0/s1. The first-order valence-electron chi connectivity index (χ1n) is 14.6. The highest BCUT2D eigenvalue weighted by atomic mass is 16.4. The second-order valence-corrected chi connectivity index (χ2v) is 11.7. The predicted octanol–water partition coefficient (Wildman–Crippen LogP) is 5.21. The van der Waals surface area contributed by atoms with Crippen LogP contribution in [0.25, 0.3) is 22.6 Å². The van der Waals surface area contributed by atoms with Crippen LogP contribution in [-0.2, 0) is 25.8 Å². The van der Waals surface area contributed by atoms with Gasteiger partial charge >= 0.3 is 0 Å². The zero-order valence-electron chi connectivity index (χ0n) is 23.7. The number of Topliss-reactive ketones (excluding diaryl/α,β-unsaturated/α-hetero) is 1. The van der Waals surface area contributed by atoms with E-state index in [1.807, 2.05) is 30.3 Å². The summed E-state index contributed by atoms with van der Waals surface area (Å²) < 4.78 is 11.8. The summed E-state index contributed by atoms with van der Waals surface area (Å²) in [5.41, 5.74) is 4.42. The van der Waals surface area contributed by atoms with Crippen LogP contribution in [0, 0.1) is 17.8 Å². The van der Waals surface area contributed by atoms with Crippen LogP contribution in [0.5, 0.6) is 0 Å². The maximum Gasteiger partial charge on any atom is 0.238 e. The monoisotopic (exact) mass is 586 g/mol. The molecule has 3 heterocycles. The molecule has 8 rings (SSSR count). The van der Waals surface area contributed by atoms with Gasteiger partial charge in [-0.2, -0.15) is 0 Å². The summed E-state index contributed by atoms with van der Waals surface area (Å²) in [4.78, 5) is 60.5. The quantitative estimate of drug-likeness (QED) is 0.196. The molecule has 4 aromatic rings. The van der Waals surface area contributed by atoms with Gasteiger partial charge in [-0.1, -0.05) is 23.8 Å². The highest BCUT2D eigenvalue weighted by molar-refractivity contribution is 6.25. The van der Waals surface area contributed by atoms with Gasteiger partial charge in [-0.15, -0.1) is 0 Å². The topological polar surface area (TPSA) is 131 Å². The molecule has 218 valence electrons. The Hall–Kier alpha value is -5.15. The number of aliphatic hydroxyl groups excluding tert-OH is 1. The number of allylic oxidation sites excluding steroid dienone is 6. The second kappa shape index (κ2) is 9.68. The minimum atomic E-state index is -0.697. The predicted molar refractivity (Wildman–Crippen MR) is 158 cm³/mol. The van der Waals surface area contributed by atoms with Crippen molar-refractivity contribution in [2.24, 2.45) is 17.8 Å². The number of furan rings is 1. The van der Waals surface area contributed by atoms with E-state index >= 15 is 0 Å². The lowest BCUT2D eigenvalue weighted by Crippen LogP contribution is -2.39. The van der Waals surface area contributed by atoms with E-state index < -0.39 is 23.7 Å². The maximum absolute atomic E-state index is 14.2. The van der Waals surface area contributed by atoms with E-state index in [4.69, 9.17) is 8.83 Å². The third-order valence-corrected chi connectivity index (χ3v) is 9.35. The van der Waals surface area contributed by atoms with Crippen LogP contribution in [-0.4, -0.2) is 33.5 Å². The van der Waals surface area contributed by atoms with Gasteiger partial charge in [-0.05, 0) is 80.3 Å². The molecular weight excluding hydrogens is 560 g/mol. The number of aliphatic hydroxyl groups is 1. The third kappa shape index (κ3) is 3.79. The van der Waals surface area contributed by atoms with E-state index in [0.717, 1.165) is 11.1 Å². The van der Waals surface area contributed by atoms with Crippen molar-refractivity contribution in [3.05, 3.63) is 107 Å². The Morgan fingerprint density at radius 2 is 1.73 bits per heavy atom. The molecule has 1 fully saturated rings. The normalized spacial score (nSPS) is 24.8. The molecule has 1 aliphatic heterocycles. The number of rotatable bonds is 4. The number of benzene rings is 2. The Kier molecular flexibility index (Phi) is 5.83. The van der Waals surface area contributed by atoms with E-state index in [1.165, 1.54) is 11.0 Å². The summed E-state index contributed by atoms with van der Waals surface area (Å²) in [7, 11) is 0. The lowest BCUT2D eigenvalue weighted by Gasteiger charge is -2.41. The molecule has 2 aromatic heterocycles. The average Bonchev–Trinajstić information content (AvgIpc) is 3.75. The zero-order chi connectivity index (χ0) is 30.3. The highest BCUT2D eigenvalue weighted by Gasteiger charge is 2.57. The Balaban J connectivity index is 1.15. The molecule has 9 heteroatoms. The molecule has 0 radical (unpaired) electrons. The van der Waals surface area contributed by atoms with Crippen LogP contribution in [0.4, 0.5) is 5.69 Å². The van der Waals surface area contributed by atoms with Gasteiger partial charge in [0.05, 0.1) is 23.4 Å². The first-order valence-corrected chi connectivity index (χ1v) is 14.6. The van der Waals surface area contributed by atoms with Crippen molar-refractivity contribution in [1.82, 2.24) is 4.98 Å². The number of anilines is 1. The molecule has 4 atom stereocenters. The Morgan fingerprint density at radius 1 is 0.932 bits per heavy atom. The van der Waals surface area contributed by atoms with Gasteiger partial charge in [0.25, 0.3) is 0 Å². The number of carbonyl (C=O) groups excluding carboxylic acids is 4. The molecular formula is C35H26N2O7. The summed E-state index contributed by atoms with van der Waals surface area (Å²) in [6, 6.07) is 17.8. The Morgan fingerprint density at radius 3 is 2.48 bits per heavy atom. The fourth-order valence-corrected chi connectivity index (χ4v) is 7.35. The second-order valence-electron chi connectivity index (χ2n) is 11.7. The lowest BCUT2D eigenvalue weighted by molar-refractivity contribution is -0.123. The van der Waals surface area contributed by atoms with E-state index in [2.05, 4.69) is 4.98 Å². The maximum atomic E-state index is 14.2. The van der Waals surface area contributed by atoms with Gasteiger partial charge in [0, 0.05) is 22.3 Å². The van der Waals surface area contributed by atoms with E-state index in [-0.39, 0.29) is 36.4 Å². The fraction of sp³-hybridized carbons (Fsp3) is 0.229. The van der Waals surface area contributed by atoms with Crippen LogP contribution < -0.4 is 4.90 Å². The number of ketones is 2. The van der Waals surface area contributed by atoms with Crippen molar-refractivity contribution in [3.8, 4) is 11.5 Å². The number of amides is 2. The van der Waals surface area contributed by atoms with Crippen molar-refractivity contribution in [2.45, 2.75) is 32.3 Å². The van der Waals surface area contributed by atoms with Crippen molar-refractivity contribution >= 4 is 40.2 Å². The molecule has 2 aromatic carbocycles. The highest BCUT2D eigenvalue weighted by Crippen LogP contribution is 2.55. The summed E-state index contributed by atoms with van der Waals surface area (Å²) in [5.74, 6) is -2.36. The summed E-state index contributed by atoms with van der Waals surface area (Å²) >= 11 is 0. The Bertz CT molecular complexity index is 1990. The number of imide groups is 1. The van der Waals surface area contributed by atoms with Gasteiger partial charge in [0.1, 0.15) is 23.6 Å². The zero-order valence-corrected chi connectivity index (χ0v) is 23.7. The fourth-order valence-electron chi connectivity index (χ4n) is 7.35. The molecule has 9 nitrogen and oxygen atoms in total. The molecule has 0 spiro atoms. The number of hydrogen-bond donors (Lipinski definition) is 1. The molecule has 1 saturated heterocycles. The van der Waals surface area contributed by atoms with Crippen LogP contribution in [0.1, 0.15) is 37.2 Å². The average molecular weight is 587 g/mol. The van der Waals surface area contributed by atoms with Crippen molar-refractivity contribution in [2.75, 3.05) is 4.90 Å². The molecule has 2 amide bonds. The van der Waals surface area contributed by atoms with Crippen molar-refractivity contribution in [3.63, 3.8) is 0 Å². The van der Waals surface area contributed by atoms with Gasteiger partial charge < -0.3 is 13.9 Å². The van der Waals surface area contributed by atoms with Crippen molar-refractivity contribution in [1.29, 1.82) is 0 Å². The molecule has 1 N–H and O–H groups in total. The molecule has 0 bridgehead atoms. The van der Waals surface area contributed by atoms with E-state index in [1.54, 1.807) is 43.3 Å². The number of para-hydroxylation sites is 2. The molecule has 4 aliphatic rings. The van der Waals surface area contributed by atoms with E-state index in [0.29, 0.717) is 57.4 Å². The summed E-state index contributed by atoms with van der Waals surface area (Å²) in [6.45, 7) is 1.30. The number of aromatic nitrogens is 1. The first-order chi connectivity index (χ1) is 21.3. The van der Waals surface area contributed by atoms with Gasteiger partial charge in [0.2, 0.25) is 17.7 Å². The lowest BCUT2D eigenvalue weighted by atomic mass is 9.60. The molecule has 44 heavy (non-hydrogen) atoms. The molecule has 0 saturated carbocycles. The smallest absolute Gasteiger partial charge is 0.238 e. The van der Waals surface area contributed by atoms with Gasteiger partial charge in [0.15, 0.2) is 17.1 Å². The van der Waals surface area contributed by atoms with Gasteiger partial charge in [-0.3, -0.25) is 24.1 Å². The van der Waals surface area contributed by atoms with Crippen LogP contribution in [0.15, 0.2) is 104 Å². The number of fused-ring (bicyclic) bond motifs is 4. The van der Waals surface area contributed by atoms with Crippen LogP contribution in [0.2, 0.25) is 0 Å². The Labute approximate surface area is 251 Å². The minimum absolute atomic E-state index is 0.186. The van der Waals surface area contributed by atoms with Crippen LogP contribution >= 0.6 is 0 Å². The van der Waals surface area contributed by atoms with Crippen molar-refractivity contribution < 1.29 is 33.1 Å². The molecule has 3 aliphatic carbocycles. The minimum Gasteiger partial charge on any atom is -0.463 e. The number of hydrogen-bond acceptors (Lipinski definition) is 8. The SMILES string of the molecule is CC1=CC(=O)C2=C(C[C@@H]3C(=CC[C@@H]4C(=O)N(c5ccc(-c6nc7ccccc7o6)cc5)C(=O)[C@@H]43)[C@@H]2c2ccc(CO)o2)C1=O. The number of oxazole rings is 1. The number of carbonyl (C=O) groups is 4. The summed E-state index contributed by atoms with van der Waals surface area (Å²) in [6.07, 6.45) is 3.80. The summed E-state index contributed by atoms with van der Waals surface area (Å²) in [5, 5.41) is 9.64. The molecule has 0 unspecified atom stereocenters. The number of nitrogens with zero attached hydrogens (tertiary/aromatic N) is 2. The largest absolute Gasteiger partial charge is 0.463 e. The van der Waals surface area contributed by atoms with E-state index in [9.17, 15) is 24.3 Å².